The molecular formula is C24H20FN3O4. The van der Waals surface area contributed by atoms with E-state index in [9.17, 15) is 14.0 Å². The topological polar surface area (TPSA) is 80.8 Å². The number of anilines is 1. The largest absolute Gasteiger partial charge is 0.453 e. The Balaban J connectivity index is 1.33. The number of ether oxygens (including phenoxy) is 2. The van der Waals surface area contributed by atoms with E-state index in [-0.39, 0.29) is 24.3 Å². The number of halogens is 1. The monoisotopic (exact) mass is 433 g/mol. The van der Waals surface area contributed by atoms with Crippen molar-refractivity contribution in [1.29, 1.82) is 0 Å². The number of carbonyl (C=O) groups excluding carboxylic acids is 2. The third-order valence-electron chi connectivity index (χ3n) is 4.70. The third-order valence-corrected chi connectivity index (χ3v) is 4.70. The van der Waals surface area contributed by atoms with Gasteiger partial charge in [-0.2, -0.15) is 0 Å². The van der Waals surface area contributed by atoms with Gasteiger partial charge in [0, 0.05) is 24.5 Å². The molecule has 1 aliphatic heterocycles. The fourth-order valence-electron chi connectivity index (χ4n) is 3.12. The standard InChI is InChI=1S/C24H20FN3O4/c25-21-14-17(6-8-22(21)32-20-5-2-10-26-16-20)7-9-23(29)27-15-18-3-1-4-19(13-18)28-11-12-31-24(28)30/h1-10,13-14,16H,11-12,15H2,(H,27,29)/b9-7+. The van der Waals surface area contributed by atoms with Crippen LogP contribution in [0.15, 0.2) is 73.1 Å². The molecule has 3 aromatic rings. The molecule has 1 aliphatic rings. The van der Waals surface area contributed by atoms with Crippen LogP contribution in [0.4, 0.5) is 14.9 Å². The van der Waals surface area contributed by atoms with Crippen molar-refractivity contribution in [3.05, 3.63) is 90.0 Å². The van der Waals surface area contributed by atoms with E-state index in [0.29, 0.717) is 24.5 Å². The summed E-state index contributed by atoms with van der Waals surface area (Å²) >= 11 is 0. The van der Waals surface area contributed by atoms with Crippen LogP contribution in [0.3, 0.4) is 0 Å². The van der Waals surface area contributed by atoms with Gasteiger partial charge in [0.25, 0.3) is 0 Å². The van der Waals surface area contributed by atoms with Crippen LogP contribution >= 0.6 is 0 Å². The summed E-state index contributed by atoms with van der Waals surface area (Å²) in [6.07, 6.45) is 5.56. The molecule has 0 radical (unpaired) electrons. The van der Waals surface area contributed by atoms with Crippen molar-refractivity contribution in [2.75, 3.05) is 18.1 Å². The first-order valence-electron chi connectivity index (χ1n) is 9.95. The molecule has 0 atom stereocenters. The van der Waals surface area contributed by atoms with Crippen molar-refractivity contribution in [3.63, 3.8) is 0 Å². The van der Waals surface area contributed by atoms with Gasteiger partial charge in [0.2, 0.25) is 5.91 Å². The van der Waals surface area contributed by atoms with Crippen molar-refractivity contribution >= 4 is 23.8 Å². The Morgan fingerprint density at radius 3 is 2.88 bits per heavy atom. The third kappa shape index (κ3) is 5.28. The van der Waals surface area contributed by atoms with Crippen molar-refractivity contribution in [2.45, 2.75) is 6.54 Å². The van der Waals surface area contributed by atoms with Crippen molar-refractivity contribution < 1.29 is 23.5 Å². The van der Waals surface area contributed by atoms with E-state index in [1.807, 2.05) is 24.3 Å². The molecule has 1 aromatic heterocycles. The van der Waals surface area contributed by atoms with Gasteiger partial charge in [-0.05, 0) is 53.6 Å². The normalized spacial score (nSPS) is 13.3. The summed E-state index contributed by atoms with van der Waals surface area (Å²) in [5, 5.41) is 2.77. The van der Waals surface area contributed by atoms with Gasteiger partial charge in [0.1, 0.15) is 12.4 Å². The Hall–Kier alpha value is -4.20. The van der Waals surface area contributed by atoms with Gasteiger partial charge >= 0.3 is 6.09 Å². The maximum Gasteiger partial charge on any atom is 0.414 e. The molecule has 1 fully saturated rings. The average molecular weight is 433 g/mol. The summed E-state index contributed by atoms with van der Waals surface area (Å²) in [7, 11) is 0. The Morgan fingerprint density at radius 2 is 2.12 bits per heavy atom. The van der Waals surface area contributed by atoms with E-state index in [1.165, 1.54) is 30.5 Å². The first kappa shape index (κ1) is 21.0. The second-order valence-corrected chi connectivity index (χ2v) is 6.97. The number of rotatable bonds is 7. The average Bonchev–Trinajstić information content (AvgIpc) is 3.25. The Kier molecular flexibility index (Phi) is 6.41. The van der Waals surface area contributed by atoms with Crippen molar-refractivity contribution in [3.8, 4) is 11.5 Å². The minimum Gasteiger partial charge on any atom is -0.453 e. The first-order valence-corrected chi connectivity index (χ1v) is 9.95. The molecule has 0 bridgehead atoms. The van der Waals surface area contributed by atoms with Gasteiger partial charge in [0.05, 0.1) is 12.7 Å². The van der Waals surface area contributed by atoms with Crippen LogP contribution in [-0.2, 0) is 16.1 Å². The summed E-state index contributed by atoms with van der Waals surface area (Å²) in [6.45, 7) is 1.15. The van der Waals surface area contributed by atoms with Crippen LogP contribution in [0.5, 0.6) is 11.5 Å². The highest BCUT2D eigenvalue weighted by Crippen LogP contribution is 2.25. The molecule has 2 amide bonds. The zero-order valence-electron chi connectivity index (χ0n) is 17.0. The van der Waals surface area contributed by atoms with Crippen molar-refractivity contribution in [1.82, 2.24) is 10.3 Å². The molecule has 32 heavy (non-hydrogen) atoms. The van der Waals surface area contributed by atoms with Gasteiger partial charge in [-0.15, -0.1) is 0 Å². The molecule has 2 aromatic carbocycles. The molecule has 0 spiro atoms. The molecule has 7 nitrogen and oxygen atoms in total. The maximum absolute atomic E-state index is 14.3. The SMILES string of the molecule is O=C(/C=C/c1ccc(Oc2cccnc2)c(F)c1)NCc1cccc(N2CCOC2=O)c1. The number of amides is 2. The van der Waals surface area contributed by atoms with Crippen LogP contribution in [0, 0.1) is 5.82 Å². The highest BCUT2D eigenvalue weighted by molar-refractivity contribution is 5.92. The minimum atomic E-state index is -0.548. The summed E-state index contributed by atoms with van der Waals surface area (Å²) in [5.41, 5.74) is 2.08. The zero-order chi connectivity index (χ0) is 22.3. The van der Waals surface area contributed by atoms with E-state index in [0.717, 1.165) is 11.3 Å². The summed E-state index contributed by atoms with van der Waals surface area (Å²) in [4.78, 5) is 29.3. The molecule has 1 N–H and O–H groups in total. The molecule has 4 rings (SSSR count). The number of nitrogens with zero attached hydrogens (tertiary/aromatic N) is 2. The molecule has 0 saturated carbocycles. The number of hydrogen-bond acceptors (Lipinski definition) is 5. The fourth-order valence-corrected chi connectivity index (χ4v) is 3.12. The molecule has 1 saturated heterocycles. The van der Waals surface area contributed by atoms with Gasteiger partial charge in [-0.3, -0.25) is 14.7 Å². The second-order valence-electron chi connectivity index (χ2n) is 6.97. The Morgan fingerprint density at radius 1 is 1.22 bits per heavy atom. The highest BCUT2D eigenvalue weighted by atomic mass is 19.1. The zero-order valence-corrected chi connectivity index (χ0v) is 17.0. The number of cyclic esters (lactones) is 1. The second kappa shape index (κ2) is 9.74. The lowest BCUT2D eigenvalue weighted by molar-refractivity contribution is -0.116. The first-order chi connectivity index (χ1) is 15.6. The van der Waals surface area contributed by atoms with E-state index in [1.54, 1.807) is 29.3 Å². The number of benzene rings is 2. The van der Waals surface area contributed by atoms with E-state index in [2.05, 4.69) is 10.3 Å². The van der Waals surface area contributed by atoms with Crippen LogP contribution in [-0.4, -0.2) is 30.1 Å². The smallest absolute Gasteiger partial charge is 0.414 e. The number of nitrogens with one attached hydrogen (secondary N) is 1. The minimum absolute atomic E-state index is 0.0707. The summed E-state index contributed by atoms with van der Waals surface area (Å²) in [5.74, 6) is -0.373. The Labute approximate surface area is 184 Å². The Bertz CT molecular complexity index is 1150. The van der Waals surface area contributed by atoms with Crippen molar-refractivity contribution in [2.24, 2.45) is 0 Å². The molecular weight excluding hydrogens is 413 g/mol. The number of hydrogen-bond donors (Lipinski definition) is 1. The molecule has 0 unspecified atom stereocenters. The molecule has 2 heterocycles. The van der Waals surface area contributed by atoms with E-state index < -0.39 is 5.82 Å². The van der Waals surface area contributed by atoms with Crippen LogP contribution < -0.4 is 15.0 Å². The lowest BCUT2D eigenvalue weighted by Gasteiger charge is -2.13. The number of pyridine rings is 1. The van der Waals surface area contributed by atoms with Gasteiger partial charge in [-0.25, -0.2) is 9.18 Å². The molecule has 162 valence electrons. The van der Waals surface area contributed by atoms with Gasteiger partial charge < -0.3 is 14.8 Å². The van der Waals surface area contributed by atoms with Crippen LogP contribution in [0.2, 0.25) is 0 Å². The maximum atomic E-state index is 14.3. The lowest BCUT2D eigenvalue weighted by atomic mass is 10.1. The van der Waals surface area contributed by atoms with Gasteiger partial charge in [-0.1, -0.05) is 18.2 Å². The van der Waals surface area contributed by atoms with Crippen LogP contribution in [0.25, 0.3) is 6.08 Å². The number of carbonyl (C=O) groups is 2. The molecule has 0 aliphatic carbocycles. The highest BCUT2D eigenvalue weighted by Gasteiger charge is 2.23. The fraction of sp³-hybridized carbons (Fsp3) is 0.125. The number of aromatic nitrogens is 1. The van der Waals surface area contributed by atoms with E-state index >= 15 is 0 Å². The molecule has 8 heteroatoms. The summed E-state index contributed by atoms with van der Waals surface area (Å²) in [6, 6.07) is 15.1. The quantitative estimate of drug-likeness (QED) is 0.562. The lowest BCUT2D eigenvalue weighted by Crippen LogP contribution is -2.24. The summed E-state index contributed by atoms with van der Waals surface area (Å²) < 4.78 is 24.7. The van der Waals surface area contributed by atoms with Crippen LogP contribution in [0.1, 0.15) is 11.1 Å². The van der Waals surface area contributed by atoms with Gasteiger partial charge in [0.15, 0.2) is 11.6 Å². The predicted octanol–water partition coefficient (Wildman–Crippen LogP) is 4.30. The predicted molar refractivity (Wildman–Crippen MR) is 117 cm³/mol. The van der Waals surface area contributed by atoms with E-state index in [4.69, 9.17) is 9.47 Å².